The highest BCUT2D eigenvalue weighted by atomic mass is 79.9. The van der Waals surface area contributed by atoms with Crippen LogP contribution in [0.4, 0.5) is 10.5 Å². The van der Waals surface area contributed by atoms with Gasteiger partial charge in [0.05, 0.1) is 44.3 Å². The van der Waals surface area contributed by atoms with E-state index in [0.29, 0.717) is 18.9 Å². The summed E-state index contributed by atoms with van der Waals surface area (Å²) in [5, 5.41) is 12.7. The van der Waals surface area contributed by atoms with Crippen molar-refractivity contribution in [2.24, 2.45) is 0 Å². The molecule has 2 amide bonds. The molecular weight excluding hydrogens is 376 g/mol. The first kappa shape index (κ1) is 20.9. The number of likely N-dealkylation sites (N-methyl/N-ethyl adjacent to an activating group) is 1. The van der Waals surface area contributed by atoms with E-state index in [2.05, 4.69) is 21.2 Å². The molecule has 1 aromatic carbocycles. The summed E-state index contributed by atoms with van der Waals surface area (Å²) in [7, 11) is 1.63. The van der Waals surface area contributed by atoms with Crippen molar-refractivity contribution in [3.05, 3.63) is 28.2 Å². The number of aryl methyl sites for hydroxylation is 1. The number of hydrogen-bond donors (Lipinski definition) is 2. The van der Waals surface area contributed by atoms with Crippen LogP contribution in [-0.2, 0) is 9.47 Å². The van der Waals surface area contributed by atoms with E-state index in [1.807, 2.05) is 39.0 Å². The first-order valence-corrected chi connectivity index (χ1v) is 8.74. The molecule has 0 aliphatic rings. The Morgan fingerprint density at radius 1 is 1.38 bits per heavy atom. The zero-order valence-corrected chi connectivity index (χ0v) is 16.3. The van der Waals surface area contributed by atoms with E-state index in [0.717, 1.165) is 10.0 Å². The van der Waals surface area contributed by atoms with Crippen molar-refractivity contribution in [2.45, 2.75) is 33.0 Å². The van der Waals surface area contributed by atoms with Gasteiger partial charge in [-0.05, 0) is 54.4 Å². The fraction of sp³-hybridized carbons (Fsp3) is 0.588. The van der Waals surface area contributed by atoms with E-state index < -0.39 is 6.10 Å². The zero-order valence-electron chi connectivity index (χ0n) is 14.7. The lowest BCUT2D eigenvalue weighted by atomic mass is 10.2. The van der Waals surface area contributed by atoms with Crippen molar-refractivity contribution >= 4 is 27.6 Å². The van der Waals surface area contributed by atoms with E-state index in [4.69, 9.17) is 9.47 Å². The number of carbonyl (C=O) groups excluding carboxylic acids is 1. The number of carbonyl (C=O) groups is 1. The second kappa shape index (κ2) is 10.7. The van der Waals surface area contributed by atoms with Gasteiger partial charge in [-0.1, -0.05) is 6.07 Å². The van der Waals surface area contributed by atoms with Crippen LogP contribution in [0.3, 0.4) is 0 Å². The van der Waals surface area contributed by atoms with Gasteiger partial charge in [-0.25, -0.2) is 4.79 Å². The number of nitrogens with zero attached hydrogens (tertiary/aromatic N) is 1. The van der Waals surface area contributed by atoms with Gasteiger partial charge in [0, 0.05) is 11.5 Å². The molecular formula is C17H27BrN2O4. The zero-order chi connectivity index (χ0) is 18.1. The van der Waals surface area contributed by atoms with Crippen LogP contribution in [0.1, 0.15) is 19.4 Å². The second-order valence-corrected chi connectivity index (χ2v) is 6.80. The summed E-state index contributed by atoms with van der Waals surface area (Å²) in [6, 6.07) is 5.39. The Kier molecular flexibility index (Phi) is 9.28. The maximum Gasteiger partial charge on any atom is 0.321 e. The van der Waals surface area contributed by atoms with Gasteiger partial charge in [-0.15, -0.1) is 0 Å². The number of rotatable bonds is 9. The standard InChI is InChI=1S/C17H27BrN2O4/c1-12(2)24-8-7-23-11-14(21)10-20(4)17(22)19-16-6-5-13(3)9-15(16)18/h5-6,9,12,14,21H,7-8,10-11H2,1-4H3,(H,19,22). The molecule has 0 aromatic heterocycles. The number of halogens is 1. The molecule has 0 fully saturated rings. The first-order chi connectivity index (χ1) is 11.3. The Bertz CT molecular complexity index is 525. The first-order valence-electron chi connectivity index (χ1n) is 7.95. The molecule has 0 heterocycles. The number of anilines is 1. The van der Waals surface area contributed by atoms with Crippen LogP contribution in [0.5, 0.6) is 0 Å². The number of ether oxygens (including phenoxy) is 2. The van der Waals surface area contributed by atoms with Crippen LogP contribution in [0.15, 0.2) is 22.7 Å². The Balaban J connectivity index is 2.32. The fourth-order valence-corrected chi connectivity index (χ4v) is 2.54. The van der Waals surface area contributed by atoms with Gasteiger partial charge in [0.25, 0.3) is 0 Å². The highest BCUT2D eigenvalue weighted by Crippen LogP contribution is 2.23. The third-order valence-corrected chi connectivity index (χ3v) is 3.84. The van der Waals surface area contributed by atoms with Gasteiger partial charge in [0.2, 0.25) is 0 Å². The van der Waals surface area contributed by atoms with Crippen LogP contribution < -0.4 is 5.32 Å². The maximum absolute atomic E-state index is 12.2. The fourth-order valence-electron chi connectivity index (χ4n) is 1.95. The minimum atomic E-state index is -0.749. The monoisotopic (exact) mass is 402 g/mol. The van der Waals surface area contributed by atoms with E-state index in [-0.39, 0.29) is 25.3 Å². The van der Waals surface area contributed by atoms with Crippen LogP contribution in [0.25, 0.3) is 0 Å². The van der Waals surface area contributed by atoms with E-state index in [9.17, 15) is 9.90 Å². The molecule has 6 nitrogen and oxygen atoms in total. The lowest BCUT2D eigenvalue weighted by Gasteiger charge is -2.22. The third-order valence-electron chi connectivity index (χ3n) is 3.19. The summed E-state index contributed by atoms with van der Waals surface area (Å²) in [6.07, 6.45) is -0.587. The Morgan fingerprint density at radius 2 is 2.08 bits per heavy atom. The van der Waals surface area contributed by atoms with Crippen LogP contribution in [0, 0.1) is 6.92 Å². The van der Waals surface area contributed by atoms with Gasteiger partial charge in [-0.3, -0.25) is 0 Å². The Labute approximate surface area is 152 Å². The van der Waals surface area contributed by atoms with Crippen molar-refractivity contribution in [1.29, 1.82) is 0 Å². The molecule has 0 bridgehead atoms. The van der Waals surface area contributed by atoms with Gasteiger partial charge in [-0.2, -0.15) is 0 Å². The molecule has 0 saturated carbocycles. The highest BCUT2D eigenvalue weighted by molar-refractivity contribution is 9.10. The molecule has 136 valence electrons. The lowest BCUT2D eigenvalue weighted by molar-refractivity contribution is -0.0144. The summed E-state index contributed by atoms with van der Waals surface area (Å²) in [4.78, 5) is 13.6. The molecule has 0 saturated heterocycles. The number of urea groups is 1. The summed E-state index contributed by atoms with van der Waals surface area (Å²) in [5.41, 5.74) is 1.79. The molecule has 2 N–H and O–H groups in total. The van der Waals surface area contributed by atoms with Gasteiger partial charge < -0.3 is 24.8 Å². The average molecular weight is 403 g/mol. The molecule has 0 spiro atoms. The largest absolute Gasteiger partial charge is 0.389 e. The summed E-state index contributed by atoms with van der Waals surface area (Å²) in [5.74, 6) is 0. The Hall–Kier alpha value is -1.15. The normalized spacial score (nSPS) is 12.3. The number of benzene rings is 1. The maximum atomic E-state index is 12.2. The summed E-state index contributed by atoms with van der Waals surface area (Å²) in [6.45, 7) is 7.13. The average Bonchev–Trinajstić information content (AvgIpc) is 2.49. The molecule has 0 radical (unpaired) electrons. The second-order valence-electron chi connectivity index (χ2n) is 5.94. The Morgan fingerprint density at radius 3 is 2.71 bits per heavy atom. The third kappa shape index (κ3) is 8.10. The van der Waals surface area contributed by atoms with Gasteiger partial charge in [0.15, 0.2) is 0 Å². The van der Waals surface area contributed by atoms with Crippen molar-refractivity contribution in [3.63, 3.8) is 0 Å². The smallest absolute Gasteiger partial charge is 0.321 e. The molecule has 0 aliphatic carbocycles. The molecule has 0 aliphatic heterocycles. The molecule has 24 heavy (non-hydrogen) atoms. The van der Waals surface area contributed by atoms with E-state index in [1.54, 1.807) is 7.05 Å². The van der Waals surface area contributed by atoms with Crippen molar-refractivity contribution in [1.82, 2.24) is 4.90 Å². The molecule has 7 heteroatoms. The summed E-state index contributed by atoms with van der Waals surface area (Å²) < 4.78 is 11.5. The number of amides is 2. The predicted octanol–water partition coefficient (Wildman–Crippen LogP) is 3.02. The predicted molar refractivity (Wildman–Crippen MR) is 98.4 cm³/mol. The van der Waals surface area contributed by atoms with Crippen molar-refractivity contribution < 1.29 is 19.4 Å². The van der Waals surface area contributed by atoms with Crippen LogP contribution in [-0.4, -0.2) is 61.7 Å². The SMILES string of the molecule is Cc1ccc(NC(=O)N(C)CC(O)COCCOC(C)C)c(Br)c1. The number of aliphatic hydroxyl groups excluding tert-OH is 1. The number of nitrogens with one attached hydrogen (secondary N) is 1. The minimum Gasteiger partial charge on any atom is -0.389 e. The van der Waals surface area contributed by atoms with Crippen LogP contribution >= 0.6 is 15.9 Å². The summed E-state index contributed by atoms with van der Waals surface area (Å²) >= 11 is 3.42. The van der Waals surface area contributed by atoms with Gasteiger partial charge >= 0.3 is 6.03 Å². The van der Waals surface area contributed by atoms with Crippen molar-refractivity contribution in [2.75, 3.05) is 38.7 Å². The minimum absolute atomic E-state index is 0.160. The number of aliphatic hydroxyl groups is 1. The molecule has 1 rings (SSSR count). The van der Waals surface area contributed by atoms with Gasteiger partial charge in [0.1, 0.15) is 0 Å². The molecule has 1 atom stereocenters. The van der Waals surface area contributed by atoms with E-state index in [1.165, 1.54) is 4.90 Å². The van der Waals surface area contributed by atoms with E-state index >= 15 is 0 Å². The number of hydrogen-bond acceptors (Lipinski definition) is 4. The topological polar surface area (TPSA) is 71.0 Å². The van der Waals surface area contributed by atoms with Crippen LogP contribution in [0.2, 0.25) is 0 Å². The highest BCUT2D eigenvalue weighted by Gasteiger charge is 2.15. The quantitative estimate of drug-likeness (QED) is 0.622. The molecule has 1 unspecified atom stereocenters. The molecule has 1 aromatic rings. The lowest BCUT2D eigenvalue weighted by Crippen LogP contribution is -2.39. The van der Waals surface area contributed by atoms with Crippen molar-refractivity contribution in [3.8, 4) is 0 Å².